The number of fused-ring (bicyclic) bond motifs is 1. The van der Waals surface area contributed by atoms with E-state index >= 15 is 0 Å². The predicted octanol–water partition coefficient (Wildman–Crippen LogP) is 4.63. The lowest BCUT2D eigenvalue weighted by Gasteiger charge is -2.29. The highest BCUT2D eigenvalue weighted by molar-refractivity contribution is 5.99. The van der Waals surface area contributed by atoms with Gasteiger partial charge in [-0.25, -0.2) is 0 Å². The van der Waals surface area contributed by atoms with Crippen LogP contribution in [0.4, 0.5) is 0 Å². The van der Waals surface area contributed by atoms with Gasteiger partial charge in [-0.3, -0.25) is 14.4 Å². The normalized spacial score (nSPS) is 11.9. The maximum absolute atomic E-state index is 12.5. The van der Waals surface area contributed by atoms with Crippen LogP contribution in [0.2, 0.25) is 0 Å². The molecule has 0 saturated carbocycles. The summed E-state index contributed by atoms with van der Waals surface area (Å²) in [6.45, 7) is 11.8. The van der Waals surface area contributed by atoms with Crippen LogP contribution in [-0.4, -0.2) is 29.6 Å². The van der Waals surface area contributed by atoms with E-state index in [0.717, 1.165) is 12.2 Å². The molecule has 0 unspecified atom stereocenters. The zero-order valence-corrected chi connectivity index (χ0v) is 19.5. The Balaban J connectivity index is 2.81. The average Bonchev–Trinajstić information content (AvgIpc) is 2.68. The minimum absolute atomic E-state index is 0.249. The van der Waals surface area contributed by atoms with E-state index in [1.54, 1.807) is 18.2 Å². The molecule has 0 aliphatic heterocycles. The van der Waals surface area contributed by atoms with Crippen molar-refractivity contribution in [1.82, 2.24) is 5.32 Å². The monoisotopic (exact) mass is 441 g/mol. The van der Waals surface area contributed by atoms with Gasteiger partial charge in [0.05, 0.1) is 12.8 Å². The van der Waals surface area contributed by atoms with Gasteiger partial charge in [0.15, 0.2) is 0 Å². The third-order valence-corrected chi connectivity index (χ3v) is 5.04. The van der Waals surface area contributed by atoms with Gasteiger partial charge in [-0.15, -0.1) is 0 Å². The van der Waals surface area contributed by atoms with Gasteiger partial charge in [0.2, 0.25) is 0 Å². The zero-order valence-electron chi connectivity index (χ0n) is 19.5. The number of aliphatic carboxylic acids is 1. The fraction of sp³-hybridized carbons (Fsp3) is 0.400. The molecule has 0 amide bonds. The van der Waals surface area contributed by atoms with Crippen LogP contribution in [0.1, 0.15) is 58.6 Å². The summed E-state index contributed by atoms with van der Waals surface area (Å²) in [5, 5.41) is 13.4. The van der Waals surface area contributed by atoms with Gasteiger partial charge in [-0.2, -0.15) is 0 Å². The first kappa shape index (κ1) is 24.9. The molecular formula is C25H31NO6. The van der Waals surface area contributed by atoms with Crippen molar-refractivity contribution in [2.24, 2.45) is 0 Å². The van der Waals surface area contributed by atoms with Crippen LogP contribution in [0.5, 0.6) is 11.5 Å². The van der Waals surface area contributed by atoms with E-state index in [1.807, 2.05) is 46.8 Å². The quantitative estimate of drug-likeness (QED) is 0.432. The Kier molecular flexibility index (Phi) is 8.02. The molecule has 0 radical (unpaired) electrons. The van der Waals surface area contributed by atoms with Crippen molar-refractivity contribution in [1.29, 1.82) is 0 Å². The number of benzene rings is 2. The summed E-state index contributed by atoms with van der Waals surface area (Å²) in [7, 11) is 0. The number of esters is 2. The summed E-state index contributed by atoms with van der Waals surface area (Å²) in [6.07, 6.45) is 1.46. The summed E-state index contributed by atoms with van der Waals surface area (Å²) in [5.41, 5.74) is 1.69. The molecule has 7 heteroatoms. The number of rotatable bonds is 9. The predicted molar refractivity (Wildman–Crippen MR) is 123 cm³/mol. The minimum atomic E-state index is -1.07. The second-order valence-electron chi connectivity index (χ2n) is 8.24. The molecule has 0 spiro atoms. The molecule has 0 aliphatic carbocycles. The molecule has 0 fully saturated rings. The number of nitrogens with one attached hydrogen (secondary N) is 1. The highest BCUT2D eigenvalue weighted by Crippen LogP contribution is 2.46. The molecule has 2 rings (SSSR count). The maximum Gasteiger partial charge on any atom is 0.311 e. The minimum Gasteiger partial charge on any atom is -0.481 e. The van der Waals surface area contributed by atoms with E-state index < -0.39 is 23.3 Å². The average molecular weight is 442 g/mol. The summed E-state index contributed by atoms with van der Waals surface area (Å²) in [4.78, 5) is 35.3. The first-order valence-electron chi connectivity index (χ1n) is 10.6. The smallest absolute Gasteiger partial charge is 0.311 e. The van der Waals surface area contributed by atoms with Crippen molar-refractivity contribution in [2.45, 2.75) is 59.8 Å². The second-order valence-corrected chi connectivity index (χ2v) is 8.24. The third-order valence-electron chi connectivity index (χ3n) is 5.04. The number of carbonyl (C=O) groups is 3. The molecule has 0 saturated heterocycles. The van der Waals surface area contributed by atoms with E-state index in [2.05, 4.69) is 5.32 Å². The first-order valence-corrected chi connectivity index (χ1v) is 10.6. The lowest BCUT2D eigenvalue weighted by Crippen LogP contribution is -2.23. The fourth-order valence-electron chi connectivity index (χ4n) is 3.97. The van der Waals surface area contributed by atoms with Crippen molar-refractivity contribution < 1.29 is 29.0 Å². The molecule has 0 atom stereocenters. The van der Waals surface area contributed by atoms with Crippen molar-refractivity contribution in [3.8, 4) is 11.5 Å². The number of carboxylic acid groups (broad SMARTS) is 1. The number of allylic oxidation sites excluding steroid dienone is 2. The highest BCUT2D eigenvalue weighted by Gasteiger charge is 2.31. The van der Waals surface area contributed by atoms with E-state index in [0.29, 0.717) is 33.4 Å². The van der Waals surface area contributed by atoms with E-state index in [1.165, 1.54) is 6.92 Å². The number of hydrogen-bond acceptors (Lipinski definition) is 6. The van der Waals surface area contributed by atoms with Crippen LogP contribution in [0.3, 0.4) is 0 Å². The highest BCUT2D eigenvalue weighted by atomic mass is 16.5. The first-order chi connectivity index (χ1) is 15.0. The fourth-order valence-corrected chi connectivity index (χ4v) is 3.97. The van der Waals surface area contributed by atoms with Crippen molar-refractivity contribution in [2.75, 3.05) is 6.54 Å². The molecule has 0 bridgehead atoms. The Morgan fingerprint density at radius 1 is 1.03 bits per heavy atom. The number of hydrogen-bond donors (Lipinski definition) is 2. The molecule has 0 heterocycles. The number of carboxylic acids is 1. The van der Waals surface area contributed by atoms with Crippen LogP contribution in [0, 0.1) is 6.92 Å². The van der Waals surface area contributed by atoms with Gasteiger partial charge < -0.3 is 19.9 Å². The Bertz CT molecular complexity index is 1070. The van der Waals surface area contributed by atoms with Crippen LogP contribution in [-0.2, 0) is 19.8 Å². The van der Waals surface area contributed by atoms with Gasteiger partial charge >= 0.3 is 17.9 Å². The van der Waals surface area contributed by atoms with E-state index in [-0.39, 0.29) is 12.8 Å². The molecule has 7 nitrogen and oxygen atoms in total. The molecular weight excluding hydrogens is 410 g/mol. The molecule has 0 aromatic heterocycles. The number of ether oxygens (including phenoxy) is 2. The maximum atomic E-state index is 12.5. The van der Waals surface area contributed by atoms with E-state index in [4.69, 9.17) is 14.6 Å². The van der Waals surface area contributed by atoms with Crippen molar-refractivity contribution in [3.05, 3.63) is 47.2 Å². The third kappa shape index (κ3) is 5.87. The van der Waals surface area contributed by atoms with Crippen LogP contribution in [0.15, 0.2) is 36.0 Å². The lowest BCUT2D eigenvalue weighted by molar-refractivity contribution is -0.142. The molecule has 2 aromatic carbocycles. The van der Waals surface area contributed by atoms with Gasteiger partial charge in [0, 0.05) is 46.5 Å². The summed E-state index contributed by atoms with van der Waals surface area (Å²) >= 11 is 0. The van der Waals surface area contributed by atoms with Gasteiger partial charge in [0.1, 0.15) is 11.5 Å². The van der Waals surface area contributed by atoms with Crippen LogP contribution < -0.4 is 14.8 Å². The van der Waals surface area contributed by atoms with Crippen LogP contribution in [0.25, 0.3) is 10.8 Å². The number of carbonyl (C=O) groups excluding carboxylic acids is 2. The zero-order chi connectivity index (χ0) is 24.1. The van der Waals surface area contributed by atoms with Gasteiger partial charge in [0.25, 0.3) is 0 Å². The van der Waals surface area contributed by atoms with Crippen molar-refractivity contribution >= 4 is 28.7 Å². The molecule has 2 N–H and O–H groups in total. The SMILES string of the molecule is CCN/C(C)=C/C(C)(C)c1c(C)c(OC(C)=O)c2ccccc2c1OC(=O)CCC(=O)O. The van der Waals surface area contributed by atoms with Crippen molar-refractivity contribution in [3.63, 3.8) is 0 Å². The van der Waals surface area contributed by atoms with Gasteiger partial charge in [-0.05, 0) is 20.8 Å². The summed E-state index contributed by atoms with van der Waals surface area (Å²) < 4.78 is 11.4. The molecule has 172 valence electrons. The topological polar surface area (TPSA) is 102 Å². The summed E-state index contributed by atoms with van der Waals surface area (Å²) in [6, 6.07) is 7.21. The van der Waals surface area contributed by atoms with Gasteiger partial charge in [-0.1, -0.05) is 44.2 Å². The second kappa shape index (κ2) is 10.3. The lowest BCUT2D eigenvalue weighted by atomic mass is 9.79. The van der Waals surface area contributed by atoms with E-state index in [9.17, 15) is 14.4 Å². The Morgan fingerprint density at radius 3 is 2.16 bits per heavy atom. The van der Waals surface area contributed by atoms with Crippen LogP contribution >= 0.6 is 0 Å². The molecule has 2 aromatic rings. The Hall–Kier alpha value is -3.35. The standard InChI is InChI=1S/C25H31NO6/c1-7-26-15(2)14-25(5,6)22-16(3)23(31-17(4)27)18-10-8-9-11-19(18)24(22)32-21(30)13-12-20(28)29/h8-11,14,26H,7,12-13H2,1-6H3,(H,28,29)/b15-14+. The molecule has 0 aliphatic rings. The summed E-state index contributed by atoms with van der Waals surface area (Å²) in [5.74, 6) is -1.40. The Labute approximate surface area is 188 Å². The molecule has 32 heavy (non-hydrogen) atoms. The largest absolute Gasteiger partial charge is 0.481 e. The Morgan fingerprint density at radius 2 is 1.62 bits per heavy atom.